The number of nitrogens with one attached hydrogen (secondary N) is 4. The zero-order valence-corrected chi connectivity index (χ0v) is 10.8. The van der Waals surface area contributed by atoms with Gasteiger partial charge < -0.3 is 4.98 Å². The second kappa shape index (κ2) is 5.20. The van der Waals surface area contributed by atoms with Gasteiger partial charge in [-0.25, -0.2) is 0 Å². The minimum absolute atomic E-state index is 0.367. The Labute approximate surface area is 115 Å². The highest BCUT2D eigenvalue weighted by molar-refractivity contribution is 5.98. The molecule has 2 aromatic rings. The topological polar surface area (TPSA) is 103 Å². The van der Waals surface area contributed by atoms with Crippen molar-refractivity contribution in [2.24, 2.45) is 0 Å². The Morgan fingerprint density at radius 1 is 1.15 bits per heavy atom. The van der Waals surface area contributed by atoms with Gasteiger partial charge in [0.15, 0.2) is 5.69 Å². The zero-order chi connectivity index (χ0) is 13.9. The molecule has 0 bridgehead atoms. The molecule has 7 heteroatoms. The molecule has 3 rings (SSSR count). The van der Waals surface area contributed by atoms with Crippen molar-refractivity contribution in [2.75, 3.05) is 0 Å². The average molecular weight is 273 g/mol. The van der Waals surface area contributed by atoms with Crippen LogP contribution in [-0.2, 0) is 12.8 Å². The maximum absolute atomic E-state index is 12.0. The van der Waals surface area contributed by atoms with Gasteiger partial charge in [0.1, 0.15) is 5.69 Å². The van der Waals surface area contributed by atoms with E-state index in [4.69, 9.17) is 0 Å². The number of fused-ring (bicyclic) bond motifs is 1. The number of aryl methyl sites for hydroxylation is 1. The molecule has 0 aromatic carbocycles. The standard InChI is InChI=1S/C13H15N5O2/c19-12(10-6-3-7-14-10)17-18-13(20)11-8-4-1-2-5-9(8)15-16-11/h3,6-7,14H,1-2,4-5H2,(H,15,16)(H,17,19)(H,18,20). The van der Waals surface area contributed by atoms with Gasteiger partial charge in [-0.05, 0) is 37.8 Å². The Bertz CT molecular complexity index is 629. The molecule has 20 heavy (non-hydrogen) atoms. The number of hydrazine groups is 1. The van der Waals surface area contributed by atoms with Crippen LogP contribution in [0.5, 0.6) is 0 Å². The Balaban J connectivity index is 1.65. The SMILES string of the molecule is O=C(NNC(=O)c1n[nH]c2c1CCCC2)c1ccc[nH]1. The lowest BCUT2D eigenvalue weighted by molar-refractivity contribution is 0.0841. The van der Waals surface area contributed by atoms with Crippen LogP contribution in [-0.4, -0.2) is 27.0 Å². The first-order valence-corrected chi connectivity index (χ1v) is 6.56. The molecular weight excluding hydrogens is 258 g/mol. The van der Waals surface area contributed by atoms with Gasteiger partial charge in [-0.2, -0.15) is 5.10 Å². The second-order valence-corrected chi connectivity index (χ2v) is 4.73. The van der Waals surface area contributed by atoms with Crippen molar-refractivity contribution in [1.82, 2.24) is 26.0 Å². The molecule has 1 aliphatic rings. The monoisotopic (exact) mass is 273 g/mol. The van der Waals surface area contributed by atoms with Crippen LogP contribution in [0.25, 0.3) is 0 Å². The summed E-state index contributed by atoms with van der Waals surface area (Å²) in [6, 6.07) is 3.33. The fraction of sp³-hybridized carbons (Fsp3) is 0.308. The van der Waals surface area contributed by atoms with Crippen molar-refractivity contribution in [2.45, 2.75) is 25.7 Å². The summed E-state index contributed by atoms with van der Waals surface area (Å²) in [7, 11) is 0. The van der Waals surface area contributed by atoms with Crippen LogP contribution in [0.15, 0.2) is 18.3 Å². The van der Waals surface area contributed by atoms with E-state index in [0.29, 0.717) is 11.4 Å². The summed E-state index contributed by atoms with van der Waals surface area (Å²) in [5, 5.41) is 6.93. The highest BCUT2D eigenvalue weighted by Gasteiger charge is 2.22. The summed E-state index contributed by atoms with van der Waals surface area (Å²) in [6.07, 6.45) is 5.58. The molecule has 2 aromatic heterocycles. The largest absolute Gasteiger partial charge is 0.357 e. The maximum atomic E-state index is 12.0. The van der Waals surface area contributed by atoms with Crippen molar-refractivity contribution in [3.8, 4) is 0 Å². The van der Waals surface area contributed by atoms with Crippen molar-refractivity contribution >= 4 is 11.8 Å². The third-order valence-electron chi connectivity index (χ3n) is 3.40. The molecule has 0 spiro atoms. The maximum Gasteiger partial charge on any atom is 0.290 e. The van der Waals surface area contributed by atoms with E-state index in [1.165, 1.54) is 0 Å². The Kier molecular flexibility index (Phi) is 3.24. The average Bonchev–Trinajstić information content (AvgIpc) is 3.13. The van der Waals surface area contributed by atoms with Gasteiger partial charge in [-0.1, -0.05) is 0 Å². The minimum Gasteiger partial charge on any atom is -0.357 e. The summed E-state index contributed by atoms with van der Waals surface area (Å²) in [4.78, 5) is 26.5. The molecule has 1 aliphatic carbocycles. The molecule has 2 amide bonds. The zero-order valence-electron chi connectivity index (χ0n) is 10.8. The second-order valence-electron chi connectivity index (χ2n) is 4.73. The molecule has 0 aliphatic heterocycles. The Morgan fingerprint density at radius 3 is 2.75 bits per heavy atom. The lowest BCUT2D eigenvalue weighted by Crippen LogP contribution is -2.42. The molecule has 2 heterocycles. The van der Waals surface area contributed by atoms with Gasteiger partial charge in [-0.15, -0.1) is 0 Å². The molecule has 0 radical (unpaired) electrons. The number of nitrogens with zero attached hydrogens (tertiary/aromatic N) is 1. The fourth-order valence-electron chi connectivity index (χ4n) is 2.38. The first-order valence-electron chi connectivity index (χ1n) is 6.56. The van der Waals surface area contributed by atoms with Crippen molar-refractivity contribution in [3.63, 3.8) is 0 Å². The lowest BCUT2D eigenvalue weighted by atomic mass is 9.96. The van der Waals surface area contributed by atoms with Crippen molar-refractivity contribution in [3.05, 3.63) is 41.0 Å². The molecule has 0 fully saturated rings. The summed E-state index contributed by atoms with van der Waals surface area (Å²) >= 11 is 0. The van der Waals surface area contributed by atoms with Crippen LogP contribution in [0.3, 0.4) is 0 Å². The number of rotatable bonds is 2. The third kappa shape index (κ3) is 2.29. The summed E-state index contributed by atoms with van der Waals surface area (Å²) in [5.74, 6) is -0.794. The highest BCUT2D eigenvalue weighted by atomic mass is 16.2. The normalized spacial score (nSPS) is 13.6. The van der Waals surface area contributed by atoms with Crippen LogP contribution < -0.4 is 10.9 Å². The summed E-state index contributed by atoms with van der Waals surface area (Å²) in [5.41, 5.74) is 7.48. The number of carbonyl (C=O) groups excluding carboxylic acids is 2. The first kappa shape index (κ1) is 12.5. The molecule has 0 atom stereocenters. The molecular formula is C13H15N5O2. The fourth-order valence-corrected chi connectivity index (χ4v) is 2.38. The van der Waals surface area contributed by atoms with E-state index < -0.39 is 11.8 Å². The molecule has 7 nitrogen and oxygen atoms in total. The van der Waals surface area contributed by atoms with Gasteiger partial charge >= 0.3 is 0 Å². The van der Waals surface area contributed by atoms with E-state index in [2.05, 4.69) is 26.0 Å². The molecule has 0 saturated heterocycles. The predicted molar refractivity (Wildman–Crippen MR) is 71.0 cm³/mol. The molecule has 4 N–H and O–H groups in total. The Morgan fingerprint density at radius 2 is 1.95 bits per heavy atom. The van der Waals surface area contributed by atoms with Crippen LogP contribution in [0, 0.1) is 0 Å². The Hall–Kier alpha value is -2.57. The first-order chi connectivity index (χ1) is 9.75. The van der Waals surface area contributed by atoms with Gasteiger partial charge in [0.2, 0.25) is 0 Å². The van der Waals surface area contributed by atoms with E-state index in [1.807, 2.05) is 0 Å². The van der Waals surface area contributed by atoms with Gasteiger partial charge in [0.05, 0.1) is 0 Å². The molecule has 104 valence electrons. The third-order valence-corrected chi connectivity index (χ3v) is 3.40. The number of hydrogen-bond donors (Lipinski definition) is 4. The quantitative estimate of drug-likeness (QED) is 0.605. The smallest absolute Gasteiger partial charge is 0.290 e. The lowest BCUT2D eigenvalue weighted by Gasteiger charge is -2.11. The van der Waals surface area contributed by atoms with E-state index in [9.17, 15) is 9.59 Å². The predicted octanol–water partition coefficient (Wildman–Crippen LogP) is 0.691. The number of amides is 2. The van der Waals surface area contributed by atoms with E-state index >= 15 is 0 Å². The number of aromatic amines is 2. The van der Waals surface area contributed by atoms with E-state index in [1.54, 1.807) is 18.3 Å². The molecule has 0 unspecified atom stereocenters. The van der Waals surface area contributed by atoms with Crippen molar-refractivity contribution < 1.29 is 9.59 Å². The van der Waals surface area contributed by atoms with E-state index in [-0.39, 0.29) is 0 Å². The minimum atomic E-state index is -0.399. The van der Waals surface area contributed by atoms with Gasteiger partial charge in [0.25, 0.3) is 11.8 Å². The van der Waals surface area contributed by atoms with Crippen LogP contribution in [0.1, 0.15) is 45.1 Å². The van der Waals surface area contributed by atoms with Gasteiger partial charge in [-0.3, -0.25) is 25.5 Å². The van der Waals surface area contributed by atoms with Crippen molar-refractivity contribution in [1.29, 1.82) is 0 Å². The summed E-state index contributed by atoms with van der Waals surface area (Å²) < 4.78 is 0. The molecule has 0 saturated carbocycles. The number of H-pyrrole nitrogens is 2. The number of aromatic nitrogens is 3. The van der Waals surface area contributed by atoms with Crippen LogP contribution in [0.2, 0.25) is 0 Å². The number of hydrogen-bond acceptors (Lipinski definition) is 3. The summed E-state index contributed by atoms with van der Waals surface area (Å²) in [6.45, 7) is 0. The number of carbonyl (C=O) groups is 2. The van der Waals surface area contributed by atoms with Gasteiger partial charge in [0, 0.05) is 17.5 Å². The van der Waals surface area contributed by atoms with Crippen LogP contribution in [0.4, 0.5) is 0 Å². The van der Waals surface area contributed by atoms with Crippen LogP contribution >= 0.6 is 0 Å². The highest BCUT2D eigenvalue weighted by Crippen LogP contribution is 2.21. The van der Waals surface area contributed by atoms with E-state index in [0.717, 1.165) is 36.9 Å².